The Hall–Kier alpha value is -1.02. The van der Waals surface area contributed by atoms with Gasteiger partial charge in [-0.1, -0.05) is 39.3 Å². The monoisotopic (exact) mass is 275 g/mol. The predicted octanol–water partition coefficient (Wildman–Crippen LogP) is 4.27. The minimum atomic E-state index is 0.239. The minimum absolute atomic E-state index is 0.239. The van der Waals surface area contributed by atoms with E-state index in [0.29, 0.717) is 12.0 Å². The molecule has 20 heavy (non-hydrogen) atoms. The first-order chi connectivity index (χ1) is 9.56. The Morgan fingerprint density at radius 1 is 1.15 bits per heavy atom. The molecule has 2 atom stereocenters. The molecule has 0 saturated heterocycles. The molecule has 2 N–H and O–H groups in total. The van der Waals surface area contributed by atoms with E-state index in [1.807, 2.05) is 0 Å². The summed E-state index contributed by atoms with van der Waals surface area (Å²) in [6.07, 6.45) is 6.36. The van der Waals surface area contributed by atoms with Crippen LogP contribution in [0.4, 0.5) is 0 Å². The van der Waals surface area contributed by atoms with Crippen molar-refractivity contribution in [2.45, 2.75) is 64.4 Å². The average Bonchev–Trinajstić information content (AvgIpc) is 2.48. The van der Waals surface area contributed by atoms with Gasteiger partial charge in [0.15, 0.2) is 0 Å². The molecule has 1 fully saturated rings. The zero-order valence-electron chi connectivity index (χ0n) is 13.2. The molecule has 1 aliphatic rings. The second-order valence-corrected chi connectivity index (χ2v) is 6.70. The second kappa shape index (κ2) is 6.62. The summed E-state index contributed by atoms with van der Waals surface area (Å²) in [7, 11) is 0. The number of nitrogens with two attached hydrogens (primary N) is 1. The van der Waals surface area contributed by atoms with Crippen molar-refractivity contribution in [1.82, 2.24) is 0 Å². The Morgan fingerprint density at radius 3 is 2.40 bits per heavy atom. The van der Waals surface area contributed by atoms with Crippen LogP contribution >= 0.6 is 0 Å². The molecule has 1 aromatic carbocycles. The summed E-state index contributed by atoms with van der Waals surface area (Å²) < 4.78 is 6.18. The van der Waals surface area contributed by atoms with Crippen LogP contribution in [0.25, 0.3) is 0 Å². The quantitative estimate of drug-likeness (QED) is 0.871. The second-order valence-electron chi connectivity index (χ2n) is 6.70. The Morgan fingerprint density at radius 2 is 1.80 bits per heavy atom. The maximum absolute atomic E-state index is 6.18. The summed E-state index contributed by atoms with van der Waals surface area (Å²) in [4.78, 5) is 0. The third-order valence-corrected chi connectivity index (χ3v) is 4.95. The first kappa shape index (κ1) is 15.4. The van der Waals surface area contributed by atoms with Crippen molar-refractivity contribution >= 4 is 0 Å². The Kier molecular flexibility index (Phi) is 5.09. The van der Waals surface area contributed by atoms with E-state index in [9.17, 15) is 0 Å². The predicted molar refractivity (Wildman–Crippen MR) is 85.2 cm³/mol. The van der Waals surface area contributed by atoms with E-state index < -0.39 is 0 Å². The van der Waals surface area contributed by atoms with Gasteiger partial charge in [-0.25, -0.2) is 0 Å². The summed E-state index contributed by atoms with van der Waals surface area (Å²) in [6.45, 7) is 7.55. The van der Waals surface area contributed by atoms with Gasteiger partial charge in [0, 0.05) is 5.92 Å². The molecule has 0 spiro atoms. The van der Waals surface area contributed by atoms with Gasteiger partial charge in [0.25, 0.3) is 0 Å². The van der Waals surface area contributed by atoms with Gasteiger partial charge < -0.3 is 10.5 Å². The molecule has 112 valence electrons. The van der Waals surface area contributed by atoms with Crippen molar-refractivity contribution < 1.29 is 4.74 Å². The van der Waals surface area contributed by atoms with Crippen LogP contribution in [0.2, 0.25) is 0 Å². The lowest BCUT2D eigenvalue weighted by molar-refractivity contribution is 0.0970. The number of hydrogen-bond donors (Lipinski definition) is 1. The molecule has 2 heteroatoms. The fourth-order valence-electron chi connectivity index (χ4n) is 2.96. The van der Waals surface area contributed by atoms with E-state index in [0.717, 1.165) is 25.1 Å². The van der Waals surface area contributed by atoms with Crippen LogP contribution < -0.4 is 10.5 Å². The number of rotatable bonds is 5. The highest BCUT2D eigenvalue weighted by molar-refractivity contribution is 5.31. The number of ether oxygens (including phenoxy) is 1. The van der Waals surface area contributed by atoms with E-state index in [1.54, 1.807) is 0 Å². The SMILES string of the molecule is CCC(C)(C)c1ccc(OC2CCCCC2CN)cc1. The van der Waals surface area contributed by atoms with Crippen LogP contribution in [0.1, 0.15) is 58.4 Å². The van der Waals surface area contributed by atoms with Gasteiger partial charge in [0.05, 0.1) is 0 Å². The molecule has 0 aliphatic heterocycles. The normalized spacial score (nSPS) is 23.6. The van der Waals surface area contributed by atoms with Crippen LogP contribution in [0, 0.1) is 5.92 Å². The molecule has 0 amide bonds. The largest absolute Gasteiger partial charge is 0.490 e. The molecule has 1 aliphatic carbocycles. The van der Waals surface area contributed by atoms with Crippen LogP contribution in [0.3, 0.4) is 0 Å². The third kappa shape index (κ3) is 3.54. The highest BCUT2D eigenvalue weighted by atomic mass is 16.5. The first-order valence-electron chi connectivity index (χ1n) is 8.04. The van der Waals surface area contributed by atoms with E-state index in [2.05, 4.69) is 45.0 Å². The Balaban J connectivity index is 2.03. The molecular weight excluding hydrogens is 246 g/mol. The number of benzene rings is 1. The van der Waals surface area contributed by atoms with Gasteiger partial charge in [0.2, 0.25) is 0 Å². The molecule has 0 heterocycles. The van der Waals surface area contributed by atoms with Gasteiger partial charge >= 0.3 is 0 Å². The van der Waals surface area contributed by atoms with Crippen molar-refractivity contribution in [3.63, 3.8) is 0 Å². The lowest BCUT2D eigenvalue weighted by Crippen LogP contribution is -2.35. The molecule has 2 rings (SSSR count). The van der Waals surface area contributed by atoms with Crippen molar-refractivity contribution in [1.29, 1.82) is 0 Å². The zero-order valence-corrected chi connectivity index (χ0v) is 13.2. The Bertz CT molecular complexity index is 410. The summed E-state index contributed by atoms with van der Waals surface area (Å²) in [5, 5.41) is 0. The van der Waals surface area contributed by atoms with Gasteiger partial charge in [-0.3, -0.25) is 0 Å². The van der Waals surface area contributed by atoms with Gasteiger partial charge in [-0.05, 0) is 55.3 Å². The van der Waals surface area contributed by atoms with Crippen molar-refractivity contribution in [2.24, 2.45) is 11.7 Å². The summed E-state index contributed by atoms with van der Waals surface area (Å²) in [5.41, 5.74) is 7.49. The topological polar surface area (TPSA) is 35.2 Å². The smallest absolute Gasteiger partial charge is 0.119 e. The summed E-state index contributed by atoms with van der Waals surface area (Å²) >= 11 is 0. The maximum atomic E-state index is 6.18. The van der Waals surface area contributed by atoms with Crippen LogP contribution in [0.5, 0.6) is 5.75 Å². The van der Waals surface area contributed by atoms with E-state index in [4.69, 9.17) is 10.5 Å². The molecule has 1 aromatic rings. The lowest BCUT2D eigenvalue weighted by Gasteiger charge is -2.31. The maximum Gasteiger partial charge on any atom is 0.119 e. The fraction of sp³-hybridized carbons (Fsp3) is 0.667. The van der Waals surface area contributed by atoms with Crippen molar-refractivity contribution in [3.05, 3.63) is 29.8 Å². The molecule has 2 nitrogen and oxygen atoms in total. The molecular formula is C18H29NO. The standard InChI is InChI=1S/C18H29NO/c1-4-18(2,3)15-9-11-16(12-10-15)20-17-8-6-5-7-14(17)13-19/h9-12,14,17H,4-8,13,19H2,1-3H3. The van der Waals surface area contributed by atoms with Crippen LogP contribution in [-0.2, 0) is 5.41 Å². The van der Waals surface area contributed by atoms with E-state index >= 15 is 0 Å². The molecule has 0 bridgehead atoms. The van der Waals surface area contributed by atoms with Crippen molar-refractivity contribution in [3.8, 4) is 5.75 Å². The minimum Gasteiger partial charge on any atom is -0.490 e. The number of hydrogen-bond acceptors (Lipinski definition) is 2. The highest BCUT2D eigenvalue weighted by Crippen LogP contribution is 2.31. The average molecular weight is 275 g/mol. The van der Waals surface area contributed by atoms with Gasteiger partial charge in [-0.15, -0.1) is 0 Å². The summed E-state index contributed by atoms with van der Waals surface area (Å²) in [6, 6.07) is 8.65. The molecule has 0 radical (unpaired) electrons. The van der Waals surface area contributed by atoms with Gasteiger partial charge in [-0.2, -0.15) is 0 Å². The highest BCUT2D eigenvalue weighted by Gasteiger charge is 2.25. The van der Waals surface area contributed by atoms with Crippen LogP contribution in [0.15, 0.2) is 24.3 Å². The van der Waals surface area contributed by atoms with Gasteiger partial charge in [0.1, 0.15) is 11.9 Å². The van der Waals surface area contributed by atoms with Crippen molar-refractivity contribution in [2.75, 3.05) is 6.54 Å². The fourth-order valence-corrected chi connectivity index (χ4v) is 2.96. The van der Waals surface area contributed by atoms with E-state index in [-0.39, 0.29) is 5.41 Å². The van der Waals surface area contributed by atoms with Crippen LogP contribution in [-0.4, -0.2) is 12.6 Å². The summed E-state index contributed by atoms with van der Waals surface area (Å²) in [5.74, 6) is 1.52. The Labute approximate surface area is 123 Å². The zero-order chi connectivity index (χ0) is 14.6. The molecule has 2 unspecified atom stereocenters. The lowest BCUT2D eigenvalue weighted by atomic mass is 9.82. The van der Waals surface area contributed by atoms with E-state index in [1.165, 1.54) is 24.8 Å². The molecule has 1 saturated carbocycles. The molecule has 0 aromatic heterocycles. The first-order valence-corrected chi connectivity index (χ1v) is 8.04. The third-order valence-electron chi connectivity index (χ3n) is 4.95.